The van der Waals surface area contributed by atoms with Crippen molar-refractivity contribution in [3.8, 4) is 23.7 Å². The van der Waals surface area contributed by atoms with Gasteiger partial charge in [-0.3, -0.25) is 9.59 Å². The molecule has 0 aliphatic carbocycles. The number of nitrogens with two attached hydrogens (primary N) is 2. The average molecular weight is 809 g/mol. The van der Waals surface area contributed by atoms with Crippen LogP contribution in [0.3, 0.4) is 0 Å². The first-order valence-corrected chi connectivity index (χ1v) is 26.0. The molecule has 0 aliphatic heterocycles. The van der Waals surface area contributed by atoms with Crippen LogP contribution in [0.25, 0.3) is 0 Å². The minimum absolute atomic E-state index is 0.0228. The second-order valence-corrected chi connectivity index (χ2v) is 18.3. The molecule has 0 saturated carbocycles. The summed E-state index contributed by atoms with van der Waals surface area (Å²) in [6, 6.07) is 0. The van der Waals surface area contributed by atoms with Gasteiger partial charge in [-0.1, -0.05) is 257 Å². The lowest BCUT2D eigenvalue weighted by atomic mass is 9.73. The molecule has 338 valence electrons. The van der Waals surface area contributed by atoms with Crippen molar-refractivity contribution < 1.29 is 9.59 Å². The van der Waals surface area contributed by atoms with E-state index in [9.17, 15) is 9.59 Å². The first-order chi connectivity index (χ1) is 28.5. The lowest BCUT2D eigenvalue weighted by Gasteiger charge is -2.31. The fraction of sp³-hybridized carbons (Fsp3) is 0.889. The molecular weight excluding hydrogens is 709 g/mol. The molecule has 0 aliphatic rings. The molecule has 0 bridgehead atoms. The molecule has 0 saturated heterocycles. The molecule has 0 aromatic rings. The van der Waals surface area contributed by atoms with Crippen LogP contribution in [-0.4, -0.2) is 11.8 Å². The maximum Gasteiger partial charge on any atom is 0.223 e. The number of amides is 2. The van der Waals surface area contributed by atoms with E-state index >= 15 is 0 Å². The highest BCUT2D eigenvalue weighted by atomic mass is 16.1. The second-order valence-electron chi connectivity index (χ2n) is 18.3. The Labute approximate surface area is 363 Å². The Hall–Kier alpha value is -1.94. The third-order valence-electron chi connectivity index (χ3n) is 12.7. The summed E-state index contributed by atoms with van der Waals surface area (Å²) < 4.78 is 0. The number of primary amides is 2. The smallest absolute Gasteiger partial charge is 0.223 e. The molecule has 0 aromatic heterocycles. The van der Waals surface area contributed by atoms with Crippen molar-refractivity contribution in [3.05, 3.63) is 0 Å². The summed E-state index contributed by atoms with van der Waals surface area (Å²) in [6.07, 6.45) is 56.0. The van der Waals surface area contributed by atoms with Crippen LogP contribution >= 0.6 is 0 Å². The highest BCUT2D eigenvalue weighted by Crippen LogP contribution is 2.37. The van der Waals surface area contributed by atoms with Gasteiger partial charge in [-0.15, -0.1) is 0 Å². The van der Waals surface area contributed by atoms with Gasteiger partial charge in [0.25, 0.3) is 0 Å². The Morgan fingerprint density at radius 2 is 0.586 bits per heavy atom. The summed E-state index contributed by atoms with van der Waals surface area (Å²) in [5.74, 6) is 12.3. The summed E-state index contributed by atoms with van der Waals surface area (Å²) in [6.45, 7) is 4.59. The standard InChI is InChI=1S/C54H100N2O2/c1-3-5-7-9-11-13-15-17-25-29-33-37-41-45-49-54(53(56)58,50-46-42-38-34-30-26-18-16-14-12-10-8-6-4-2)51-47-43-39-35-31-27-23-21-19-20-22-24-28-32-36-40-44-48-52(55)57/h3-18,22,24-51H2,1-2H3,(H2,55,57)(H2,56,58). The molecule has 0 unspecified atom stereocenters. The van der Waals surface area contributed by atoms with E-state index in [1.165, 1.54) is 205 Å². The molecule has 0 spiro atoms. The lowest BCUT2D eigenvalue weighted by molar-refractivity contribution is -0.129. The number of carbonyl (C=O) groups is 2. The number of unbranched alkanes of at least 4 members (excludes halogenated alkanes) is 37. The molecule has 4 heteroatoms. The Balaban J connectivity index is 4.43. The zero-order valence-corrected chi connectivity index (χ0v) is 39.3. The van der Waals surface area contributed by atoms with Gasteiger partial charge in [-0.05, 0) is 50.4 Å². The number of carbonyl (C=O) groups excluding carboxylic acids is 2. The van der Waals surface area contributed by atoms with E-state index in [1.54, 1.807) is 0 Å². The molecule has 0 fully saturated rings. The van der Waals surface area contributed by atoms with Gasteiger partial charge in [0.2, 0.25) is 11.8 Å². The monoisotopic (exact) mass is 809 g/mol. The minimum atomic E-state index is -0.301. The van der Waals surface area contributed by atoms with Crippen LogP contribution in [0.4, 0.5) is 0 Å². The molecule has 0 rings (SSSR count). The van der Waals surface area contributed by atoms with Gasteiger partial charge in [-0.2, -0.15) is 0 Å². The number of hydrogen-bond acceptors (Lipinski definition) is 2. The van der Waals surface area contributed by atoms with Gasteiger partial charge in [0.1, 0.15) is 0 Å². The van der Waals surface area contributed by atoms with Crippen LogP contribution in [0, 0.1) is 29.1 Å². The summed E-state index contributed by atoms with van der Waals surface area (Å²) >= 11 is 0. The van der Waals surface area contributed by atoms with Crippen LogP contribution in [0.5, 0.6) is 0 Å². The topological polar surface area (TPSA) is 86.2 Å². The van der Waals surface area contributed by atoms with E-state index in [0.717, 1.165) is 77.0 Å². The molecule has 0 atom stereocenters. The molecule has 0 aromatic carbocycles. The highest BCUT2D eigenvalue weighted by molar-refractivity contribution is 5.80. The van der Waals surface area contributed by atoms with E-state index in [0.29, 0.717) is 6.42 Å². The largest absolute Gasteiger partial charge is 0.370 e. The normalized spacial score (nSPS) is 11.3. The molecular formula is C54H100N2O2. The molecule has 2 amide bonds. The van der Waals surface area contributed by atoms with Gasteiger partial charge < -0.3 is 11.5 Å². The zero-order chi connectivity index (χ0) is 42.3. The quantitative estimate of drug-likeness (QED) is 0.0474. The van der Waals surface area contributed by atoms with Gasteiger partial charge >= 0.3 is 0 Å². The fourth-order valence-electron chi connectivity index (χ4n) is 8.70. The highest BCUT2D eigenvalue weighted by Gasteiger charge is 2.34. The van der Waals surface area contributed by atoms with Gasteiger partial charge in [0.15, 0.2) is 0 Å². The van der Waals surface area contributed by atoms with Crippen LogP contribution < -0.4 is 11.5 Å². The predicted molar refractivity (Wildman–Crippen MR) is 255 cm³/mol. The Bertz CT molecular complexity index is 982. The van der Waals surface area contributed by atoms with E-state index in [2.05, 4.69) is 37.5 Å². The predicted octanol–water partition coefficient (Wildman–Crippen LogP) is 16.5. The number of rotatable bonds is 46. The summed E-state index contributed by atoms with van der Waals surface area (Å²) in [7, 11) is 0. The van der Waals surface area contributed by atoms with Crippen LogP contribution in [0.15, 0.2) is 0 Å². The van der Waals surface area contributed by atoms with Gasteiger partial charge in [-0.25, -0.2) is 0 Å². The number of hydrogen-bond donors (Lipinski definition) is 2. The van der Waals surface area contributed by atoms with Crippen LogP contribution in [0.1, 0.15) is 303 Å². The Morgan fingerprint density at radius 3 is 0.845 bits per heavy atom. The van der Waals surface area contributed by atoms with Crippen molar-refractivity contribution in [2.24, 2.45) is 16.9 Å². The first-order valence-electron chi connectivity index (χ1n) is 26.0. The molecule has 58 heavy (non-hydrogen) atoms. The van der Waals surface area contributed by atoms with Gasteiger partial charge in [0, 0.05) is 24.7 Å². The first kappa shape index (κ1) is 56.1. The maximum absolute atomic E-state index is 13.2. The molecule has 0 radical (unpaired) electrons. The Morgan fingerprint density at radius 1 is 0.345 bits per heavy atom. The van der Waals surface area contributed by atoms with Crippen molar-refractivity contribution in [3.63, 3.8) is 0 Å². The van der Waals surface area contributed by atoms with Crippen molar-refractivity contribution in [2.45, 2.75) is 303 Å². The van der Waals surface area contributed by atoms with Crippen LogP contribution in [-0.2, 0) is 9.59 Å². The van der Waals surface area contributed by atoms with Crippen molar-refractivity contribution in [2.75, 3.05) is 0 Å². The average Bonchev–Trinajstić information content (AvgIpc) is 3.21. The fourth-order valence-corrected chi connectivity index (χ4v) is 8.70. The molecule has 4 nitrogen and oxygen atoms in total. The van der Waals surface area contributed by atoms with E-state index < -0.39 is 0 Å². The Kier molecular flexibility index (Phi) is 44.6. The molecule has 4 N–H and O–H groups in total. The van der Waals surface area contributed by atoms with Crippen molar-refractivity contribution >= 4 is 11.8 Å². The third-order valence-corrected chi connectivity index (χ3v) is 12.7. The zero-order valence-electron chi connectivity index (χ0n) is 39.3. The third kappa shape index (κ3) is 40.8. The summed E-state index contributed by atoms with van der Waals surface area (Å²) in [5.41, 5.74) is 11.2. The summed E-state index contributed by atoms with van der Waals surface area (Å²) in [5, 5.41) is 0. The minimum Gasteiger partial charge on any atom is -0.370 e. The van der Waals surface area contributed by atoms with E-state index in [4.69, 9.17) is 11.5 Å². The maximum atomic E-state index is 13.2. The van der Waals surface area contributed by atoms with Crippen LogP contribution in [0.2, 0.25) is 0 Å². The van der Waals surface area contributed by atoms with Crippen molar-refractivity contribution in [1.82, 2.24) is 0 Å². The lowest BCUT2D eigenvalue weighted by Crippen LogP contribution is -2.37. The van der Waals surface area contributed by atoms with E-state index in [1.807, 2.05) is 0 Å². The van der Waals surface area contributed by atoms with Crippen molar-refractivity contribution in [1.29, 1.82) is 0 Å². The SMILES string of the molecule is CCCCCCCCCCCCCCCCC(CCCCCCCC#CC#CCCCCCCCCC(N)=O)(CCCCCCCCCCCCCCCC)C(N)=O. The molecule has 0 heterocycles. The summed E-state index contributed by atoms with van der Waals surface area (Å²) in [4.78, 5) is 24.0. The van der Waals surface area contributed by atoms with E-state index in [-0.39, 0.29) is 17.2 Å². The van der Waals surface area contributed by atoms with Gasteiger partial charge in [0.05, 0.1) is 0 Å². The second kappa shape index (κ2) is 46.1.